The zero-order chi connectivity index (χ0) is 51.2. The smallest absolute Gasteiger partial charge is 0.308 e. The Bertz CT molecular complexity index is 2990. The van der Waals surface area contributed by atoms with Gasteiger partial charge in [-0.15, -0.1) is 0 Å². The van der Waals surface area contributed by atoms with E-state index in [0.29, 0.717) is 12.0 Å². The number of benzene rings is 3. The number of nitrogens with one attached hydrogen (secondary N) is 3. The molecule has 70 heavy (non-hydrogen) atoms. The Hall–Kier alpha value is -6.49. The van der Waals surface area contributed by atoms with E-state index in [2.05, 4.69) is 20.9 Å². The minimum absolute atomic E-state index is 0.00171. The van der Waals surface area contributed by atoms with E-state index in [9.17, 15) is 45.1 Å². The Morgan fingerprint density at radius 2 is 1.46 bits per heavy atom. The zero-order valence-electron chi connectivity index (χ0n) is 39.9. The van der Waals surface area contributed by atoms with Crippen LogP contribution in [0.1, 0.15) is 68.2 Å². The van der Waals surface area contributed by atoms with E-state index < -0.39 is 58.8 Å². The van der Waals surface area contributed by atoms with Crippen molar-refractivity contribution in [3.05, 3.63) is 107 Å². The molecule has 5 N–H and O–H groups in total. The molecule has 5 rings (SSSR count). The number of rotatable bonds is 22. The van der Waals surface area contributed by atoms with Crippen LogP contribution in [0.25, 0.3) is 33.4 Å². The molecule has 0 saturated heterocycles. The third-order valence-electron chi connectivity index (χ3n) is 10.3. The Balaban J connectivity index is 1.53. The maximum absolute atomic E-state index is 14.8. The summed E-state index contributed by atoms with van der Waals surface area (Å²) < 4.78 is 96.5. The van der Waals surface area contributed by atoms with Crippen LogP contribution in [-0.4, -0.2) is 126 Å². The highest BCUT2D eigenvalue weighted by atomic mass is 32.2. The highest BCUT2D eigenvalue weighted by Gasteiger charge is 2.33. The highest BCUT2D eigenvalue weighted by molar-refractivity contribution is 7.86. The zero-order valence-corrected chi connectivity index (χ0v) is 41.5. The second-order valence-electron chi connectivity index (χ2n) is 16.7. The van der Waals surface area contributed by atoms with Gasteiger partial charge in [-0.2, -0.15) is 16.8 Å². The van der Waals surface area contributed by atoms with Crippen LogP contribution in [-0.2, 0) is 44.0 Å². The molecule has 0 fully saturated rings. The van der Waals surface area contributed by atoms with Crippen molar-refractivity contribution in [3.8, 4) is 22.5 Å². The van der Waals surface area contributed by atoms with Crippen LogP contribution in [0.4, 0.5) is 5.69 Å². The number of nitrogens with zero attached hydrogens (tertiary/aromatic N) is 2. The molecule has 0 saturated carbocycles. The second kappa shape index (κ2) is 24.4. The number of hydrogen-bond donors (Lipinski definition) is 5. The molecule has 3 amide bonds. The van der Waals surface area contributed by atoms with Crippen molar-refractivity contribution in [2.24, 2.45) is 4.99 Å². The standard InChI is InChI=1S/C49H59N5O14S2/c1-7-50-38-21-19-35-41(36-20-22-39(51-8-2)45(70(62,63)64)43(36)67-42(35)44(38)69(59,60)61)34-18-17-33(47(57)53-25-28-66-30-29-65-27-23-40(55)68-49(3,4)5)31-37(34)48(58)54(6)26-14-24-52-46(56)32-15-12-10-9-11-13-16-32/h9-13,15-22,31,50H,7-8,14,23-30H2,1-6H3,(H,52,56)(H,53,57)(H,59,60,61)(H,62,63,64)/b10-9-,11-9?,12-10?,13-11-,15-12-,16-13?,32-15?,32-16+,51-39?. The first-order chi connectivity index (χ1) is 33.2. The van der Waals surface area contributed by atoms with Gasteiger partial charge in [0.05, 0.1) is 43.9 Å². The fourth-order valence-corrected chi connectivity index (χ4v) is 8.90. The lowest BCUT2D eigenvalue weighted by Crippen LogP contribution is -2.32. The van der Waals surface area contributed by atoms with Crippen molar-refractivity contribution in [1.82, 2.24) is 15.5 Å². The molecule has 0 radical (unpaired) electrons. The molecule has 0 aromatic heterocycles. The van der Waals surface area contributed by atoms with E-state index in [1.165, 1.54) is 54.4 Å². The largest absolute Gasteiger partial charge is 0.460 e. The molecule has 2 aliphatic carbocycles. The Morgan fingerprint density at radius 3 is 2.14 bits per heavy atom. The average Bonchev–Trinajstić information content (AvgIpc) is 3.27. The minimum atomic E-state index is -5.15. The van der Waals surface area contributed by atoms with Gasteiger partial charge in [0, 0.05) is 73.0 Å². The monoisotopic (exact) mass is 1010 g/mol. The molecule has 1 heterocycles. The summed E-state index contributed by atoms with van der Waals surface area (Å²) in [6, 6.07) is 9.82. The summed E-state index contributed by atoms with van der Waals surface area (Å²) in [7, 11) is -8.77. The van der Waals surface area contributed by atoms with Gasteiger partial charge in [-0.1, -0.05) is 36.4 Å². The fraction of sp³-hybridized carbons (Fsp3) is 0.367. The van der Waals surface area contributed by atoms with Crippen molar-refractivity contribution in [1.29, 1.82) is 0 Å². The van der Waals surface area contributed by atoms with Gasteiger partial charge in [-0.25, -0.2) is 0 Å². The number of hydrogen-bond acceptors (Lipinski definition) is 14. The van der Waals surface area contributed by atoms with Crippen molar-refractivity contribution >= 4 is 60.6 Å². The van der Waals surface area contributed by atoms with Crippen LogP contribution in [0, 0.1) is 0 Å². The number of esters is 1. The molecule has 19 nitrogen and oxygen atoms in total. The maximum Gasteiger partial charge on any atom is 0.308 e. The summed E-state index contributed by atoms with van der Waals surface area (Å²) >= 11 is 0. The van der Waals surface area contributed by atoms with Crippen molar-refractivity contribution in [2.75, 3.05) is 71.5 Å². The molecular formula is C49H59N5O14S2. The quantitative estimate of drug-likeness (QED) is 0.0272. The van der Waals surface area contributed by atoms with Gasteiger partial charge in [-0.05, 0) is 95.2 Å². The van der Waals surface area contributed by atoms with Crippen LogP contribution in [0.2, 0.25) is 0 Å². The van der Waals surface area contributed by atoms with Crippen LogP contribution in [0.5, 0.6) is 0 Å². The summed E-state index contributed by atoms with van der Waals surface area (Å²) in [5.41, 5.74) is -0.689. The number of amides is 3. The molecule has 0 bridgehead atoms. The van der Waals surface area contributed by atoms with E-state index in [1.54, 1.807) is 71.1 Å². The van der Waals surface area contributed by atoms with E-state index in [4.69, 9.17) is 18.6 Å². The third kappa shape index (κ3) is 14.5. The van der Waals surface area contributed by atoms with Crippen LogP contribution in [0.15, 0.2) is 110 Å². The summed E-state index contributed by atoms with van der Waals surface area (Å²) in [5, 5.41) is 8.27. The van der Waals surface area contributed by atoms with Gasteiger partial charge < -0.3 is 39.5 Å². The van der Waals surface area contributed by atoms with Gasteiger partial charge in [0.15, 0.2) is 21.1 Å². The molecule has 376 valence electrons. The highest BCUT2D eigenvalue weighted by Crippen LogP contribution is 2.46. The average molecular weight is 1010 g/mol. The Labute approximate surface area is 407 Å². The predicted molar refractivity (Wildman–Crippen MR) is 263 cm³/mol. The summed E-state index contributed by atoms with van der Waals surface area (Å²) in [6.45, 7) is 9.84. The van der Waals surface area contributed by atoms with Crippen LogP contribution < -0.4 is 21.3 Å². The van der Waals surface area contributed by atoms with Gasteiger partial charge in [0.25, 0.3) is 38.0 Å². The molecule has 2 aromatic rings. The Kier molecular flexibility index (Phi) is 19.0. The van der Waals surface area contributed by atoms with Crippen LogP contribution in [0.3, 0.4) is 0 Å². The van der Waals surface area contributed by atoms with E-state index in [-0.39, 0.29) is 122 Å². The van der Waals surface area contributed by atoms with Gasteiger partial charge in [0.1, 0.15) is 5.60 Å². The Morgan fingerprint density at radius 1 is 0.786 bits per heavy atom. The number of fused-ring (bicyclic) bond motifs is 2. The molecule has 0 spiro atoms. The number of allylic oxidation sites excluding steroid dienone is 6. The predicted octanol–water partition coefficient (Wildman–Crippen LogP) is 5.73. The first-order valence-electron chi connectivity index (χ1n) is 22.5. The normalized spacial score (nSPS) is 15.3. The number of ether oxygens (including phenoxy) is 3. The molecule has 21 heteroatoms. The van der Waals surface area contributed by atoms with Crippen LogP contribution >= 0.6 is 0 Å². The second-order valence-corrected chi connectivity index (χ2v) is 19.4. The molecule has 0 unspecified atom stereocenters. The van der Waals surface area contributed by atoms with Gasteiger partial charge in [0.2, 0.25) is 0 Å². The molecule has 1 aliphatic heterocycles. The summed E-state index contributed by atoms with van der Waals surface area (Å²) in [6.07, 6.45) is 12.6. The molecule has 3 aliphatic rings. The number of anilines is 1. The fourth-order valence-electron chi connectivity index (χ4n) is 7.31. The summed E-state index contributed by atoms with van der Waals surface area (Å²) in [4.78, 5) is 57.4. The van der Waals surface area contributed by atoms with E-state index in [0.717, 1.165) is 0 Å². The molecule has 2 aromatic carbocycles. The molecule has 0 atom stereocenters. The summed E-state index contributed by atoms with van der Waals surface area (Å²) in [5.74, 6) is -2.45. The number of carbonyl (C=O) groups excluding carboxylic acids is 4. The minimum Gasteiger partial charge on any atom is -0.460 e. The molecular weight excluding hydrogens is 947 g/mol. The van der Waals surface area contributed by atoms with Gasteiger partial charge >= 0.3 is 5.97 Å². The third-order valence-corrected chi connectivity index (χ3v) is 12.1. The van der Waals surface area contributed by atoms with Crippen molar-refractivity contribution in [3.63, 3.8) is 0 Å². The topological polar surface area (TPSA) is 270 Å². The van der Waals surface area contributed by atoms with Crippen molar-refractivity contribution in [2.45, 2.75) is 62.9 Å². The maximum atomic E-state index is 14.8. The van der Waals surface area contributed by atoms with Gasteiger partial charge in [-0.3, -0.25) is 33.3 Å². The lowest BCUT2D eigenvalue weighted by Gasteiger charge is -2.23. The van der Waals surface area contributed by atoms with E-state index >= 15 is 0 Å². The number of carbonyl (C=O) groups is 4. The van der Waals surface area contributed by atoms with Crippen molar-refractivity contribution < 1.29 is 63.7 Å². The first kappa shape index (κ1) is 54.5. The van der Waals surface area contributed by atoms with E-state index in [1.807, 2.05) is 6.08 Å². The lowest BCUT2D eigenvalue weighted by atomic mass is 9.89. The first-order valence-corrected chi connectivity index (χ1v) is 25.3. The lowest BCUT2D eigenvalue weighted by molar-refractivity contribution is -0.156. The SMILES string of the molecule is CCN=c1ccc2c(-c3ccc(C(=O)NCCOCCOCCC(=O)OC(C)(C)C)cc3C(=O)N(C)CCCNC(=O)C3=C/C=C\C=C/C=C\3)c3ccc(NCC)c(S(=O)(=O)O)c3oc-2c1S(=O)(=O)O.